The third-order valence-electron chi connectivity index (χ3n) is 2.61. The molecule has 1 nitrogen and oxygen atoms in total. The molecule has 5 heteroatoms. The minimum Gasteiger partial charge on any atom is -0.207 e. The number of rotatable bonds is 3. The van der Waals surface area contributed by atoms with E-state index in [0.717, 1.165) is 0 Å². The molecule has 0 saturated heterocycles. The van der Waals surface area contributed by atoms with Crippen LogP contribution in [0.5, 0.6) is 0 Å². The molecule has 2 rings (SSSR count). The van der Waals surface area contributed by atoms with Crippen molar-refractivity contribution in [2.24, 2.45) is 0 Å². The second-order valence-electron chi connectivity index (χ2n) is 3.92. The smallest absolute Gasteiger partial charge is 0.207 e. The second-order valence-corrected chi connectivity index (χ2v) is 4.33. The van der Waals surface area contributed by atoms with Crippen LogP contribution >= 0.6 is 11.6 Å². The Morgan fingerprint density at radius 2 is 1.88 bits per heavy atom. The Morgan fingerprint density at radius 3 is 2.38 bits per heavy atom. The van der Waals surface area contributed by atoms with Crippen molar-refractivity contribution < 1.29 is 13.2 Å². The summed E-state index contributed by atoms with van der Waals surface area (Å²) < 4.78 is 38.1. The van der Waals surface area contributed by atoms with Gasteiger partial charge in [-0.3, -0.25) is 0 Å². The van der Waals surface area contributed by atoms with Gasteiger partial charge in [-0.2, -0.15) is 13.2 Å². The SMILES string of the molecule is FC(F)(F)N(Cc1ccccc1Cl)C1CC1. The van der Waals surface area contributed by atoms with Crippen molar-refractivity contribution >= 4 is 11.6 Å². The Kier molecular flexibility index (Phi) is 3.13. The number of benzene rings is 1. The number of alkyl halides is 3. The predicted octanol–water partition coefficient (Wildman–Crippen LogP) is 3.82. The van der Waals surface area contributed by atoms with Gasteiger partial charge in [0.15, 0.2) is 0 Å². The van der Waals surface area contributed by atoms with Crippen LogP contribution in [-0.2, 0) is 6.54 Å². The molecule has 1 aromatic rings. The van der Waals surface area contributed by atoms with Crippen molar-refractivity contribution in [3.8, 4) is 0 Å². The highest BCUT2D eigenvalue weighted by Crippen LogP contribution is 2.37. The fourth-order valence-electron chi connectivity index (χ4n) is 1.62. The van der Waals surface area contributed by atoms with E-state index in [-0.39, 0.29) is 12.6 Å². The van der Waals surface area contributed by atoms with E-state index in [1.165, 1.54) is 0 Å². The van der Waals surface area contributed by atoms with Crippen molar-refractivity contribution in [3.63, 3.8) is 0 Å². The molecule has 1 aromatic carbocycles. The number of hydrogen-bond donors (Lipinski definition) is 0. The van der Waals surface area contributed by atoms with Gasteiger partial charge < -0.3 is 0 Å². The lowest BCUT2D eigenvalue weighted by Crippen LogP contribution is -2.39. The van der Waals surface area contributed by atoms with Gasteiger partial charge in [0, 0.05) is 17.6 Å². The Bertz CT molecular complexity index is 374. The van der Waals surface area contributed by atoms with Gasteiger partial charge in [0.2, 0.25) is 0 Å². The van der Waals surface area contributed by atoms with Crippen LogP contribution in [0, 0.1) is 0 Å². The molecule has 16 heavy (non-hydrogen) atoms. The molecule has 1 saturated carbocycles. The summed E-state index contributed by atoms with van der Waals surface area (Å²) in [6.07, 6.45) is -3.05. The minimum atomic E-state index is -4.28. The van der Waals surface area contributed by atoms with Crippen molar-refractivity contribution in [2.75, 3.05) is 0 Å². The average Bonchev–Trinajstić information content (AvgIpc) is 2.98. The number of nitrogens with zero attached hydrogens (tertiary/aromatic N) is 1. The summed E-state index contributed by atoms with van der Waals surface area (Å²) in [6.45, 7) is -0.159. The van der Waals surface area contributed by atoms with Crippen molar-refractivity contribution in [2.45, 2.75) is 31.7 Å². The van der Waals surface area contributed by atoms with E-state index in [1.807, 2.05) is 0 Å². The molecule has 1 aliphatic carbocycles. The molecule has 0 aromatic heterocycles. The Morgan fingerprint density at radius 1 is 1.25 bits per heavy atom. The zero-order valence-electron chi connectivity index (χ0n) is 8.47. The molecule has 0 aliphatic heterocycles. The highest BCUT2D eigenvalue weighted by Gasteiger charge is 2.46. The average molecular weight is 250 g/mol. The first kappa shape index (κ1) is 11.7. The second kappa shape index (κ2) is 4.26. The molecule has 0 N–H and O–H groups in total. The molecule has 0 atom stereocenters. The molecular formula is C11H11ClF3N. The molecule has 1 fully saturated rings. The van der Waals surface area contributed by atoms with Gasteiger partial charge in [0.25, 0.3) is 0 Å². The number of halogens is 4. The highest BCUT2D eigenvalue weighted by atomic mass is 35.5. The lowest BCUT2D eigenvalue weighted by atomic mass is 10.2. The van der Waals surface area contributed by atoms with Gasteiger partial charge in [0.05, 0.1) is 0 Å². The standard InChI is InChI=1S/C11H11ClF3N/c12-10-4-2-1-3-8(10)7-16(9-5-6-9)11(13,14)15/h1-4,9H,5-7H2. The summed E-state index contributed by atoms with van der Waals surface area (Å²) in [5, 5.41) is 0.386. The zero-order valence-corrected chi connectivity index (χ0v) is 9.22. The first-order chi connectivity index (χ1) is 7.48. The third kappa shape index (κ3) is 2.68. The lowest BCUT2D eigenvalue weighted by molar-refractivity contribution is -0.253. The maximum Gasteiger partial charge on any atom is 0.460 e. The van der Waals surface area contributed by atoms with E-state index >= 15 is 0 Å². The Balaban J connectivity index is 2.15. The van der Waals surface area contributed by atoms with E-state index in [9.17, 15) is 13.2 Å². The van der Waals surface area contributed by atoms with Gasteiger partial charge in [-0.1, -0.05) is 29.8 Å². The molecular weight excluding hydrogens is 239 g/mol. The lowest BCUT2D eigenvalue weighted by Gasteiger charge is -2.24. The Hall–Kier alpha value is -0.740. The fraction of sp³-hybridized carbons (Fsp3) is 0.455. The van der Waals surface area contributed by atoms with Crippen LogP contribution < -0.4 is 0 Å². The first-order valence-corrected chi connectivity index (χ1v) is 5.43. The van der Waals surface area contributed by atoms with Crippen molar-refractivity contribution in [3.05, 3.63) is 34.9 Å². The van der Waals surface area contributed by atoms with Gasteiger partial charge in [-0.15, -0.1) is 0 Å². The molecule has 0 radical (unpaired) electrons. The molecule has 0 heterocycles. The highest BCUT2D eigenvalue weighted by molar-refractivity contribution is 6.31. The molecule has 0 amide bonds. The van der Waals surface area contributed by atoms with E-state index < -0.39 is 6.30 Å². The molecule has 0 spiro atoms. The van der Waals surface area contributed by atoms with Crippen molar-refractivity contribution in [1.82, 2.24) is 4.90 Å². The summed E-state index contributed by atoms with van der Waals surface area (Å²) in [7, 11) is 0. The topological polar surface area (TPSA) is 3.24 Å². The summed E-state index contributed by atoms with van der Waals surface area (Å²) in [5.41, 5.74) is 0.522. The summed E-state index contributed by atoms with van der Waals surface area (Å²) >= 11 is 5.85. The largest absolute Gasteiger partial charge is 0.460 e. The van der Waals surface area contributed by atoms with Crippen molar-refractivity contribution in [1.29, 1.82) is 0 Å². The van der Waals surface area contributed by atoms with E-state index in [4.69, 9.17) is 11.6 Å². The molecule has 0 unspecified atom stereocenters. The number of hydrogen-bond acceptors (Lipinski definition) is 1. The van der Waals surface area contributed by atoms with Crippen LogP contribution in [0.25, 0.3) is 0 Å². The molecule has 88 valence electrons. The van der Waals surface area contributed by atoms with E-state index in [2.05, 4.69) is 0 Å². The predicted molar refractivity (Wildman–Crippen MR) is 56.1 cm³/mol. The van der Waals surface area contributed by atoms with E-state index in [0.29, 0.717) is 28.3 Å². The van der Waals surface area contributed by atoms with Crippen LogP contribution in [-0.4, -0.2) is 17.2 Å². The van der Waals surface area contributed by atoms with Gasteiger partial charge >= 0.3 is 6.30 Å². The summed E-state index contributed by atoms with van der Waals surface area (Å²) in [4.78, 5) is 0.564. The van der Waals surface area contributed by atoms with Gasteiger partial charge in [0.1, 0.15) is 0 Å². The van der Waals surface area contributed by atoms with Gasteiger partial charge in [-0.25, -0.2) is 4.90 Å². The monoisotopic (exact) mass is 249 g/mol. The van der Waals surface area contributed by atoms with Crippen LogP contribution in [0.3, 0.4) is 0 Å². The first-order valence-electron chi connectivity index (χ1n) is 5.05. The summed E-state index contributed by atoms with van der Waals surface area (Å²) in [6, 6.07) is 6.28. The zero-order chi connectivity index (χ0) is 11.8. The third-order valence-corrected chi connectivity index (χ3v) is 2.98. The fourth-order valence-corrected chi connectivity index (χ4v) is 1.82. The maximum atomic E-state index is 12.7. The van der Waals surface area contributed by atoms with E-state index in [1.54, 1.807) is 24.3 Å². The maximum absolute atomic E-state index is 12.7. The quantitative estimate of drug-likeness (QED) is 0.736. The molecule has 1 aliphatic rings. The van der Waals surface area contributed by atoms with Crippen LogP contribution in [0.1, 0.15) is 18.4 Å². The van der Waals surface area contributed by atoms with Gasteiger partial charge in [-0.05, 0) is 24.5 Å². The molecule has 0 bridgehead atoms. The van der Waals surface area contributed by atoms with Crippen LogP contribution in [0.2, 0.25) is 5.02 Å². The Labute approximate surface area is 96.8 Å². The van der Waals surface area contributed by atoms with Crippen LogP contribution in [0.4, 0.5) is 13.2 Å². The summed E-state index contributed by atoms with van der Waals surface area (Å²) in [5.74, 6) is 0. The minimum absolute atomic E-state index is 0.159. The normalized spacial score (nSPS) is 16.8. The van der Waals surface area contributed by atoms with Crippen LogP contribution in [0.15, 0.2) is 24.3 Å².